The highest BCUT2D eigenvalue weighted by Crippen LogP contribution is 2.34. The van der Waals surface area contributed by atoms with Crippen LogP contribution in [0, 0.1) is 5.82 Å². The molecule has 2 N–H and O–H groups in total. The summed E-state index contributed by atoms with van der Waals surface area (Å²) in [4.78, 5) is 0. The molecule has 0 spiro atoms. The van der Waals surface area contributed by atoms with E-state index in [1.165, 1.54) is 12.1 Å². The van der Waals surface area contributed by atoms with E-state index in [1.54, 1.807) is 12.1 Å². The van der Waals surface area contributed by atoms with Crippen LogP contribution in [0.2, 0.25) is 0 Å². The Labute approximate surface area is 133 Å². The molecule has 0 unspecified atom stereocenters. The molecule has 0 amide bonds. The van der Waals surface area contributed by atoms with Crippen LogP contribution < -0.4 is 20.1 Å². The number of hydrogen-bond acceptors (Lipinski definition) is 3. The van der Waals surface area contributed by atoms with Gasteiger partial charge in [-0.1, -0.05) is 12.1 Å². The summed E-state index contributed by atoms with van der Waals surface area (Å²) in [6, 6.07) is 11.8. The molecule has 4 nitrogen and oxygen atoms in total. The second-order valence-electron chi connectivity index (χ2n) is 4.94. The van der Waals surface area contributed by atoms with Crippen molar-refractivity contribution in [2.75, 3.05) is 12.1 Å². The Bertz CT molecular complexity index is 691. The van der Waals surface area contributed by atoms with E-state index in [0.717, 1.165) is 17.0 Å². The van der Waals surface area contributed by atoms with Gasteiger partial charge in [-0.2, -0.15) is 0 Å². The molecule has 1 heterocycles. The van der Waals surface area contributed by atoms with E-state index in [2.05, 4.69) is 10.6 Å². The fourth-order valence-corrected chi connectivity index (χ4v) is 2.47. The van der Waals surface area contributed by atoms with E-state index >= 15 is 0 Å². The molecule has 2 aromatic carbocycles. The van der Waals surface area contributed by atoms with Crippen molar-refractivity contribution in [2.45, 2.75) is 13.0 Å². The first-order valence-corrected chi connectivity index (χ1v) is 7.25. The van der Waals surface area contributed by atoms with Crippen LogP contribution in [0.1, 0.15) is 18.5 Å². The minimum absolute atomic E-state index is 0.0328. The van der Waals surface area contributed by atoms with Crippen LogP contribution in [0.3, 0.4) is 0 Å². The lowest BCUT2D eigenvalue weighted by atomic mass is 10.1. The topological polar surface area (TPSA) is 42.5 Å². The molecule has 0 aromatic heterocycles. The van der Waals surface area contributed by atoms with Crippen molar-refractivity contribution in [3.05, 3.63) is 53.8 Å². The van der Waals surface area contributed by atoms with E-state index in [-0.39, 0.29) is 18.7 Å². The highest BCUT2D eigenvalue weighted by molar-refractivity contribution is 7.80. The Morgan fingerprint density at radius 3 is 2.64 bits per heavy atom. The van der Waals surface area contributed by atoms with Gasteiger partial charge >= 0.3 is 0 Å². The maximum atomic E-state index is 12.9. The quantitative estimate of drug-likeness (QED) is 0.847. The standard InChI is InChI=1S/C16H15FN2O2S/c1-10(11-2-4-12(17)5-3-11)18-16(22)19-13-6-7-14-15(8-13)21-9-20-14/h2-8,10H,9H2,1H3,(H2,18,19,22)/t10-/m0/s1. The number of thiocarbonyl (C=S) groups is 1. The number of hydrogen-bond donors (Lipinski definition) is 2. The molecule has 114 valence electrons. The summed E-state index contributed by atoms with van der Waals surface area (Å²) in [7, 11) is 0. The Kier molecular flexibility index (Phi) is 4.11. The highest BCUT2D eigenvalue weighted by Gasteiger charge is 2.14. The molecule has 2 aromatic rings. The molecule has 22 heavy (non-hydrogen) atoms. The SMILES string of the molecule is C[C@H](NC(=S)Nc1ccc2c(c1)OCO2)c1ccc(F)cc1. The molecule has 1 aliphatic heterocycles. The molecule has 0 aliphatic carbocycles. The number of rotatable bonds is 3. The van der Waals surface area contributed by atoms with Gasteiger partial charge < -0.3 is 20.1 Å². The van der Waals surface area contributed by atoms with Gasteiger partial charge in [0.25, 0.3) is 0 Å². The predicted octanol–water partition coefficient (Wildman–Crippen LogP) is 3.60. The van der Waals surface area contributed by atoms with Gasteiger partial charge in [-0.05, 0) is 49.0 Å². The summed E-state index contributed by atoms with van der Waals surface area (Å²) in [6.45, 7) is 2.20. The van der Waals surface area contributed by atoms with Crippen LogP contribution in [0.25, 0.3) is 0 Å². The average molecular weight is 318 g/mol. The summed E-state index contributed by atoms with van der Waals surface area (Å²) in [6.07, 6.45) is 0. The van der Waals surface area contributed by atoms with E-state index in [0.29, 0.717) is 10.9 Å². The van der Waals surface area contributed by atoms with Crippen LogP contribution in [-0.2, 0) is 0 Å². The third kappa shape index (κ3) is 3.28. The number of nitrogens with one attached hydrogen (secondary N) is 2. The van der Waals surface area contributed by atoms with Crippen molar-refractivity contribution in [1.29, 1.82) is 0 Å². The molecule has 3 rings (SSSR count). The molecule has 1 atom stereocenters. The Balaban J connectivity index is 1.61. The average Bonchev–Trinajstić information content (AvgIpc) is 2.95. The largest absolute Gasteiger partial charge is 0.454 e. The molecule has 0 fully saturated rings. The third-order valence-electron chi connectivity index (χ3n) is 3.35. The summed E-state index contributed by atoms with van der Waals surface area (Å²) < 4.78 is 23.5. The molecule has 6 heteroatoms. The van der Waals surface area contributed by atoms with Gasteiger partial charge in [-0.3, -0.25) is 0 Å². The van der Waals surface area contributed by atoms with Crippen molar-refractivity contribution in [3.63, 3.8) is 0 Å². The van der Waals surface area contributed by atoms with Gasteiger partial charge in [0.2, 0.25) is 6.79 Å². The van der Waals surface area contributed by atoms with Crippen LogP contribution in [0.5, 0.6) is 11.5 Å². The molecule has 1 aliphatic rings. The van der Waals surface area contributed by atoms with Crippen LogP contribution >= 0.6 is 12.2 Å². The van der Waals surface area contributed by atoms with Crippen LogP contribution in [0.15, 0.2) is 42.5 Å². The van der Waals surface area contributed by atoms with Crippen molar-refractivity contribution < 1.29 is 13.9 Å². The number of fused-ring (bicyclic) bond motifs is 1. The van der Waals surface area contributed by atoms with Crippen LogP contribution in [-0.4, -0.2) is 11.9 Å². The zero-order valence-electron chi connectivity index (χ0n) is 11.9. The van der Waals surface area contributed by atoms with E-state index in [4.69, 9.17) is 21.7 Å². The summed E-state index contributed by atoms with van der Waals surface area (Å²) in [5.41, 5.74) is 1.77. The van der Waals surface area contributed by atoms with Crippen molar-refractivity contribution in [1.82, 2.24) is 5.32 Å². The van der Waals surface area contributed by atoms with Gasteiger partial charge in [0.1, 0.15) is 5.82 Å². The summed E-state index contributed by atoms with van der Waals surface area (Å²) in [5.74, 6) is 1.17. The first kappa shape index (κ1) is 14.6. The Hall–Kier alpha value is -2.34. The van der Waals surface area contributed by atoms with E-state index in [1.807, 2.05) is 25.1 Å². The number of halogens is 1. The third-order valence-corrected chi connectivity index (χ3v) is 3.57. The zero-order valence-corrected chi connectivity index (χ0v) is 12.7. The smallest absolute Gasteiger partial charge is 0.231 e. The first-order valence-electron chi connectivity index (χ1n) is 6.84. The number of anilines is 1. The van der Waals surface area contributed by atoms with Gasteiger partial charge in [-0.15, -0.1) is 0 Å². The monoisotopic (exact) mass is 318 g/mol. The van der Waals surface area contributed by atoms with Crippen molar-refractivity contribution in [2.24, 2.45) is 0 Å². The molecule has 0 bridgehead atoms. The summed E-state index contributed by atoms with van der Waals surface area (Å²) in [5, 5.41) is 6.73. The molecule has 0 saturated carbocycles. The predicted molar refractivity (Wildman–Crippen MR) is 86.7 cm³/mol. The normalized spacial score (nSPS) is 13.5. The lowest BCUT2D eigenvalue weighted by Crippen LogP contribution is -2.30. The first-order chi connectivity index (χ1) is 10.6. The van der Waals surface area contributed by atoms with Crippen molar-refractivity contribution >= 4 is 23.0 Å². The lowest BCUT2D eigenvalue weighted by Gasteiger charge is -2.17. The maximum absolute atomic E-state index is 12.9. The van der Waals surface area contributed by atoms with Gasteiger partial charge in [-0.25, -0.2) is 4.39 Å². The Morgan fingerprint density at radius 2 is 1.86 bits per heavy atom. The van der Waals surface area contributed by atoms with Crippen molar-refractivity contribution in [3.8, 4) is 11.5 Å². The second kappa shape index (κ2) is 6.19. The maximum Gasteiger partial charge on any atom is 0.231 e. The molecule has 0 saturated heterocycles. The fraction of sp³-hybridized carbons (Fsp3) is 0.188. The van der Waals surface area contributed by atoms with E-state index in [9.17, 15) is 4.39 Å². The van der Waals surface area contributed by atoms with E-state index < -0.39 is 0 Å². The van der Waals surface area contributed by atoms with Gasteiger partial charge in [0.15, 0.2) is 16.6 Å². The number of benzene rings is 2. The minimum atomic E-state index is -0.253. The molecular weight excluding hydrogens is 303 g/mol. The van der Waals surface area contributed by atoms with Gasteiger partial charge in [0, 0.05) is 11.8 Å². The fourth-order valence-electron chi connectivity index (χ4n) is 2.17. The summed E-state index contributed by atoms with van der Waals surface area (Å²) >= 11 is 5.30. The number of ether oxygens (including phenoxy) is 2. The minimum Gasteiger partial charge on any atom is -0.454 e. The zero-order chi connectivity index (χ0) is 15.5. The molecule has 0 radical (unpaired) electrons. The highest BCUT2D eigenvalue weighted by atomic mass is 32.1. The second-order valence-corrected chi connectivity index (χ2v) is 5.35. The molecular formula is C16H15FN2O2S. The lowest BCUT2D eigenvalue weighted by molar-refractivity contribution is 0.174. The Morgan fingerprint density at radius 1 is 1.14 bits per heavy atom. The van der Waals surface area contributed by atoms with Crippen LogP contribution in [0.4, 0.5) is 10.1 Å². The van der Waals surface area contributed by atoms with Gasteiger partial charge in [0.05, 0.1) is 6.04 Å².